The van der Waals surface area contributed by atoms with Crippen molar-refractivity contribution in [2.75, 3.05) is 13.1 Å². The van der Waals surface area contributed by atoms with Crippen molar-refractivity contribution in [2.45, 2.75) is 51.0 Å². The van der Waals surface area contributed by atoms with Crippen LogP contribution < -0.4 is 11.1 Å². The van der Waals surface area contributed by atoms with Gasteiger partial charge in [-0.3, -0.25) is 14.4 Å². The van der Waals surface area contributed by atoms with E-state index < -0.39 is 11.9 Å². The molecular weight excluding hydrogens is 440 g/mol. The van der Waals surface area contributed by atoms with Crippen LogP contribution in [0.15, 0.2) is 48.7 Å². The van der Waals surface area contributed by atoms with Gasteiger partial charge in [-0.25, -0.2) is 0 Å². The molecule has 1 aromatic heterocycles. The number of carbonyl (C=O) groups excluding carboxylic acids is 3. The second-order valence-electron chi connectivity index (χ2n) is 11.0. The quantitative estimate of drug-likeness (QED) is 0.618. The van der Waals surface area contributed by atoms with E-state index >= 15 is 0 Å². The molecule has 4 aliphatic rings. The Balaban J connectivity index is 1.16. The second-order valence-corrected chi connectivity index (χ2v) is 11.0. The summed E-state index contributed by atoms with van der Waals surface area (Å²) in [5.74, 6) is 0.682. The van der Waals surface area contributed by atoms with Crippen LogP contribution in [-0.2, 0) is 9.59 Å². The van der Waals surface area contributed by atoms with Crippen LogP contribution in [0.3, 0.4) is 0 Å². The zero-order valence-corrected chi connectivity index (χ0v) is 20.0. The molecule has 6 rings (SSSR count). The summed E-state index contributed by atoms with van der Waals surface area (Å²) in [5, 5.41) is 3.03. The predicted molar refractivity (Wildman–Crippen MR) is 131 cm³/mol. The van der Waals surface area contributed by atoms with Crippen molar-refractivity contribution in [2.24, 2.45) is 34.3 Å². The lowest BCUT2D eigenvalue weighted by Crippen LogP contribution is -2.48. The lowest BCUT2D eigenvalue weighted by atomic mass is 9.63. The van der Waals surface area contributed by atoms with Gasteiger partial charge in [0.25, 0.3) is 5.91 Å². The molecule has 4 fully saturated rings. The van der Waals surface area contributed by atoms with E-state index in [0.29, 0.717) is 17.5 Å². The van der Waals surface area contributed by atoms with Gasteiger partial charge in [0, 0.05) is 25.2 Å². The maximum atomic E-state index is 13.6. The van der Waals surface area contributed by atoms with Gasteiger partial charge < -0.3 is 20.9 Å². The zero-order chi connectivity index (χ0) is 24.2. The molecule has 35 heavy (non-hydrogen) atoms. The summed E-state index contributed by atoms with van der Waals surface area (Å²) >= 11 is 0. The van der Waals surface area contributed by atoms with E-state index in [0.717, 1.165) is 57.2 Å². The van der Waals surface area contributed by atoms with Crippen molar-refractivity contribution in [3.8, 4) is 0 Å². The van der Waals surface area contributed by atoms with Gasteiger partial charge in [-0.15, -0.1) is 0 Å². The first-order valence-electron chi connectivity index (χ1n) is 13.1. The Hall–Kier alpha value is -3.09. The number of benzene rings is 1. The first-order valence-corrected chi connectivity index (χ1v) is 13.1. The summed E-state index contributed by atoms with van der Waals surface area (Å²) in [4.78, 5) is 43.7. The van der Waals surface area contributed by atoms with Crippen molar-refractivity contribution < 1.29 is 14.4 Å². The Kier molecular flexibility index (Phi) is 5.27. The molecule has 3 saturated carbocycles. The molecule has 7 heteroatoms. The summed E-state index contributed by atoms with van der Waals surface area (Å²) in [6, 6.07) is 12.2. The Morgan fingerprint density at radius 1 is 0.971 bits per heavy atom. The molecule has 7 nitrogen and oxygen atoms in total. The average molecular weight is 475 g/mol. The molecule has 0 radical (unpaired) electrons. The van der Waals surface area contributed by atoms with E-state index in [1.165, 1.54) is 6.42 Å². The van der Waals surface area contributed by atoms with Gasteiger partial charge in [-0.1, -0.05) is 43.2 Å². The summed E-state index contributed by atoms with van der Waals surface area (Å²) in [6.45, 7) is 1.55. The molecule has 6 atom stereocenters. The van der Waals surface area contributed by atoms with Crippen molar-refractivity contribution >= 4 is 17.7 Å². The maximum absolute atomic E-state index is 13.6. The predicted octanol–water partition coefficient (Wildman–Crippen LogP) is 3.41. The summed E-state index contributed by atoms with van der Waals surface area (Å²) in [5.41, 5.74) is 7.41. The van der Waals surface area contributed by atoms with Gasteiger partial charge in [0.1, 0.15) is 11.7 Å². The highest BCUT2D eigenvalue weighted by Crippen LogP contribution is 2.97. The number of nitrogens with one attached hydrogen (secondary N) is 2. The number of primary amides is 1. The van der Waals surface area contributed by atoms with E-state index in [2.05, 4.69) is 10.3 Å². The number of fused-ring (bicyclic) bond motifs is 2. The molecule has 2 spiro atoms. The van der Waals surface area contributed by atoms with Gasteiger partial charge in [0.05, 0.1) is 0 Å². The van der Waals surface area contributed by atoms with Gasteiger partial charge in [-0.05, 0) is 72.5 Å². The molecule has 1 aliphatic heterocycles. The number of aromatic nitrogens is 1. The fraction of sp³-hybridized carbons (Fsp3) is 0.536. The Morgan fingerprint density at radius 2 is 1.77 bits per heavy atom. The van der Waals surface area contributed by atoms with Crippen LogP contribution in [0.1, 0.15) is 67.0 Å². The lowest BCUT2D eigenvalue weighted by Gasteiger charge is -2.43. The lowest BCUT2D eigenvalue weighted by molar-refractivity contribution is -0.135. The molecule has 4 unspecified atom stereocenters. The summed E-state index contributed by atoms with van der Waals surface area (Å²) < 4.78 is 0. The van der Waals surface area contributed by atoms with Gasteiger partial charge >= 0.3 is 0 Å². The molecule has 4 N–H and O–H groups in total. The Morgan fingerprint density at radius 3 is 2.51 bits per heavy atom. The molecule has 2 heterocycles. The van der Waals surface area contributed by atoms with Crippen molar-refractivity contribution in [1.82, 2.24) is 15.2 Å². The largest absolute Gasteiger partial charge is 0.368 e. The second kappa shape index (κ2) is 8.25. The first-order chi connectivity index (χ1) is 17.0. The highest BCUT2D eigenvalue weighted by Gasteiger charge is 2.94. The van der Waals surface area contributed by atoms with E-state index in [-0.39, 0.29) is 28.6 Å². The minimum Gasteiger partial charge on any atom is -0.368 e. The molecular formula is C28H34N4O3. The number of rotatable bonds is 5. The van der Waals surface area contributed by atoms with E-state index in [1.807, 2.05) is 47.4 Å². The van der Waals surface area contributed by atoms with Gasteiger partial charge in [-0.2, -0.15) is 0 Å². The Labute approximate surface area is 205 Å². The molecule has 3 amide bonds. The number of hydrogen-bond acceptors (Lipinski definition) is 3. The summed E-state index contributed by atoms with van der Waals surface area (Å²) in [6.07, 6.45) is 9.07. The average Bonchev–Trinajstić information content (AvgIpc) is 3.51. The third kappa shape index (κ3) is 3.27. The number of H-pyrrole nitrogens is 1. The van der Waals surface area contributed by atoms with Crippen LogP contribution in [0.2, 0.25) is 0 Å². The monoisotopic (exact) mass is 474 g/mol. The first kappa shape index (κ1) is 22.4. The van der Waals surface area contributed by atoms with Gasteiger partial charge in [0.15, 0.2) is 0 Å². The third-order valence-corrected chi connectivity index (χ3v) is 9.67. The number of likely N-dealkylation sites (tertiary alicyclic amines) is 1. The topological polar surface area (TPSA) is 108 Å². The minimum absolute atomic E-state index is 0.0108. The standard InChI is InChI=1S/C28H34N4O3/c29-24(33)22(18-8-2-1-3-9-18)31-25(34)20-10-4-5-13-28(20)23-19-12-17-32(16-7-14-27(19,23)28)26(35)21-11-6-15-30-21/h1-3,6,8-9,11,15,19-20,22-23,30H,4-5,7,10,12-14,16-17H2,(H2,29,33)(H,31,34)/t19?,20-,22-,23?,27?,28?/m0/s1. The van der Waals surface area contributed by atoms with E-state index in [4.69, 9.17) is 5.73 Å². The van der Waals surface area contributed by atoms with Crippen molar-refractivity contribution in [3.63, 3.8) is 0 Å². The highest BCUT2D eigenvalue weighted by molar-refractivity contribution is 5.92. The number of hydrogen-bond donors (Lipinski definition) is 3. The van der Waals surface area contributed by atoms with Crippen LogP contribution >= 0.6 is 0 Å². The fourth-order valence-electron chi connectivity index (χ4n) is 8.32. The van der Waals surface area contributed by atoms with Crippen LogP contribution in [0, 0.1) is 28.6 Å². The molecule has 184 valence electrons. The van der Waals surface area contributed by atoms with Crippen LogP contribution in [0.4, 0.5) is 0 Å². The SMILES string of the molecule is NC(=O)[C@@H](NC(=O)[C@@H]1CCCCC12C1C3CCN(C(=O)c4ccc[nH]4)CCCC312)c1ccccc1. The van der Waals surface area contributed by atoms with Crippen LogP contribution in [-0.4, -0.2) is 40.7 Å². The molecule has 1 saturated heterocycles. The normalized spacial score (nSPS) is 34.1. The molecule has 0 bridgehead atoms. The fourth-order valence-corrected chi connectivity index (χ4v) is 8.32. The summed E-state index contributed by atoms with van der Waals surface area (Å²) in [7, 11) is 0. The zero-order valence-electron chi connectivity index (χ0n) is 20.0. The highest BCUT2D eigenvalue weighted by atomic mass is 16.2. The molecule has 3 aliphatic carbocycles. The minimum atomic E-state index is -0.795. The number of amides is 3. The number of aromatic amines is 1. The smallest absolute Gasteiger partial charge is 0.270 e. The van der Waals surface area contributed by atoms with Gasteiger partial charge in [0.2, 0.25) is 11.8 Å². The van der Waals surface area contributed by atoms with Crippen molar-refractivity contribution in [3.05, 3.63) is 59.9 Å². The van der Waals surface area contributed by atoms with Crippen LogP contribution in [0.5, 0.6) is 0 Å². The molecule has 2 aromatic rings. The third-order valence-electron chi connectivity index (χ3n) is 9.67. The Bertz CT molecular complexity index is 1130. The maximum Gasteiger partial charge on any atom is 0.270 e. The van der Waals surface area contributed by atoms with Crippen LogP contribution in [0.25, 0.3) is 0 Å². The number of nitrogens with zero attached hydrogens (tertiary/aromatic N) is 1. The van der Waals surface area contributed by atoms with Crippen molar-refractivity contribution in [1.29, 1.82) is 0 Å². The molecule has 1 aromatic carbocycles. The van der Waals surface area contributed by atoms with E-state index in [9.17, 15) is 14.4 Å². The number of nitrogens with two attached hydrogens (primary N) is 1. The van der Waals surface area contributed by atoms with E-state index in [1.54, 1.807) is 6.20 Å². The number of carbonyl (C=O) groups is 3.